The van der Waals surface area contributed by atoms with Gasteiger partial charge in [-0.2, -0.15) is 0 Å². The molecule has 0 rings (SSSR count). The highest BCUT2D eigenvalue weighted by Crippen LogP contribution is 2.44. The lowest BCUT2D eigenvalue weighted by molar-refractivity contribution is 0.182. The molecule has 0 radical (unpaired) electrons. The predicted octanol–water partition coefficient (Wildman–Crippen LogP) is 4.42. The predicted molar refractivity (Wildman–Crippen MR) is 73.1 cm³/mol. The first kappa shape index (κ1) is 15.6. The summed E-state index contributed by atoms with van der Waals surface area (Å²) in [6.45, 7) is 10.6. The summed E-state index contributed by atoms with van der Waals surface area (Å²) in [7, 11) is -0.985. The highest BCUT2D eigenvalue weighted by molar-refractivity contribution is 14.1. The van der Waals surface area contributed by atoms with Gasteiger partial charge in [0.25, 0.3) is 0 Å². The molecule has 0 aliphatic rings. The molecule has 0 spiro atoms. The van der Waals surface area contributed by atoms with Gasteiger partial charge < -0.3 is 13.8 Å². The molecule has 0 aliphatic carbocycles. The van der Waals surface area contributed by atoms with Crippen LogP contribution in [0.3, 0.4) is 0 Å². The normalized spacial score (nSPS) is 13.0. The van der Waals surface area contributed by atoms with E-state index >= 15 is 0 Å². The Bertz CT molecular complexity index is 185. The third-order valence-corrected chi connectivity index (χ3v) is 3.94. The Kier molecular flexibility index (Phi) is 9.10. The van der Waals surface area contributed by atoms with Crippen molar-refractivity contribution < 1.29 is 13.8 Å². The van der Waals surface area contributed by atoms with Gasteiger partial charge in [-0.05, 0) is 57.2 Å². The largest absolute Gasteiger partial charge is 0.488 e. The number of halogens is 1. The molecule has 0 saturated heterocycles. The van der Waals surface area contributed by atoms with Crippen LogP contribution >= 0.6 is 31.0 Å². The third-order valence-electron chi connectivity index (χ3n) is 1.12. The molecule has 0 amide bonds. The van der Waals surface area contributed by atoms with E-state index in [1.165, 1.54) is 0 Å². The fourth-order valence-electron chi connectivity index (χ4n) is 0.759. The molecule has 0 aromatic heterocycles. The zero-order chi connectivity index (χ0) is 11.8. The Balaban J connectivity index is 4.28. The van der Waals surface area contributed by atoms with Crippen molar-refractivity contribution in [2.75, 3.05) is 6.61 Å². The van der Waals surface area contributed by atoms with E-state index in [1.54, 1.807) is 0 Å². The summed E-state index contributed by atoms with van der Waals surface area (Å²) in [5.74, 6) is 1.92. The average molecular weight is 346 g/mol. The van der Waals surface area contributed by atoms with E-state index in [4.69, 9.17) is 13.8 Å². The van der Waals surface area contributed by atoms with Gasteiger partial charge in [0.05, 0.1) is 18.8 Å². The van der Waals surface area contributed by atoms with Crippen molar-refractivity contribution in [1.82, 2.24) is 0 Å². The molecule has 90 valence electrons. The second-order valence-corrected chi connectivity index (χ2v) is 5.77. The van der Waals surface area contributed by atoms with Gasteiger partial charge in [0.15, 0.2) is 3.77 Å². The topological polar surface area (TPSA) is 27.7 Å². The first-order valence-corrected chi connectivity index (χ1v) is 7.41. The Morgan fingerprint density at radius 1 is 1.20 bits per heavy atom. The van der Waals surface area contributed by atoms with Gasteiger partial charge in [0.2, 0.25) is 8.38 Å². The summed E-state index contributed by atoms with van der Waals surface area (Å²) < 4.78 is 17.5. The van der Waals surface area contributed by atoms with Crippen LogP contribution in [-0.2, 0) is 13.8 Å². The quantitative estimate of drug-likeness (QED) is 0.388. The molecule has 0 heterocycles. The molecule has 0 unspecified atom stereocenters. The second-order valence-electron chi connectivity index (χ2n) is 3.46. The van der Waals surface area contributed by atoms with Gasteiger partial charge in [0, 0.05) is 5.82 Å². The molecular formula is C10H20IO3P. The maximum absolute atomic E-state index is 5.66. The van der Waals surface area contributed by atoms with Crippen molar-refractivity contribution in [3.63, 3.8) is 0 Å². The first-order chi connectivity index (χ1) is 6.95. The fourth-order valence-corrected chi connectivity index (χ4v) is 3.00. The number of hydrogen-bond donors (Lipinski definition) is 0. The molecule has 5 heteroatoms. The van der Waals surface area contributed by atoms with Crippen molar-refractivity contribution in [2.24, 2.45) is 0 Å². The Morgan fingerprint density at radius 3 is 2.00 bits per heavy atom. The number of hydrogen-bond acceptors (Lipinski definition) is 3. The van der Waals surface area contributed by atoms with Crippen molar-refractivity contribution in [1.29, 1.82) is 0 Å². The molecule has 0 N–H and O–H groups in total. The lowest BCUT2D eigenvalue weighted by Gasteiger charge is -2.19. The maximum atomic E-state index is 5.66. The lowest BCUT2D eigenvalue weighted by atomic mass is 10.5. The summed E-state index contributed by atoms with van der Waals surface area (Å²) in [5.41, 5.74) is 0. The van der Waals surface area contributed by atoms with E-state index in [-0.39, 0.29) is 12.2 Å². The van der Waals surface area contributed by atoms with Crippen LogP contribution in [0.15, 0.2) is 9.58 Å². The smallest absolute Gasteiger partial charge is 0.202 e. The van der Waals surface area contributed by atoms with Gasteiger partial charge in [-0.1, -0.05) is 0 Å². The van der Waals surface area contributed by atoms with Gasteiger partial charge in [-0.15, -0.1) is 0 Å². The summed E-state index contributed by atoms with van der Waals surface area (Å²) in [4.78, 5) is 0. The van der Waals surface area contributed by atoms with Crippen LogP contribution in [0.1, 0.15) is 34.6 Å². The van der Waals surface area contributed by atoms with Crippen molar-refractivity contribution in [3.8, 4) is 0 Å². The van der Waals surface area contributed by atoms with Crippen LogP contribution in [0.2, 0.25) is 0 Å². The van der Waals surface area contributed by atoms with Gasteiger partial charge in [-0.25, -0.2) is 0 Å². The van der Waals surface area contributed by atoms with Crippen LogP contribution in [-0.4, -0.2) is 18.8 Å². The molecule has 0 bridgehead atoms. The lowest BCUT2D eigenvalue weighted by Crippen LogP contribution is -2.03. The van der Waals surface area contributed by atoms with E-state index in [0.717, 1.165) is 3.77 Å². The fraction of sp³-hybridized carbons (Fsp3) is 0.800. The molecule has 0 saturated carbocycles. The van der Waals surface area contributed by atoms with Crippen LogP contribution in [0.4, 0.5) is 0 Å². The summed E-state index contributed by atoms with van der Waals surface area (Å²) >= 11 is 2.15. The maximum Gasteiger partial charge on any atom is 0.202 e. The minimum atomic E-state index is -0.985. The second kappa shape index (κ2) is 8.74. The SMILES string of the molecule is CCO/C(I)=C/P(OC(C)C)OC(C)C. The summed E-state index contributed by atoms with van der Waals surface area (Å²) in [6, 6.07) is 0. The molecule has 3 nitrogen and oxygen atoms in total. The van der Waals surface area contributed by atoms with Gasteiger partial charge in [-0.3, -0.25) is 0 Å². The molecule has 0 aromatic carbocycles. The van der Waals surface area contributed by atoms with E-state index in [9.17, 15) is 0 Å². The van der Waals surface area contributed by atoms with Crippen LogP contribution in [0, 0.1) is 0 Å². The average Bonchev–Trinajstić information content (AvgIpc) is 2.00. The minimum Gasteiger partial charge on any atom is -0.488 e. The van der Waals surface area contributed by atoms with Crippen LogP contribution < -0.4 is 0 Å². The molecule has 0 aliphatic heterocycles. The minimum absolute atomic E-state index is 0.164. The van der Waals surface area contributed by atoms with E-state index in [0.29, 0.717) is 6.61 Å². The Labute approximate surface area is 108 Å². The van der Waals surface area contributed by atoms with Crippen molar-refractivity contribution in [2.45, 2.75) is 46.8 Å². The van der Waals surface area contributed by atoms with Crippen molar-refractivity contribution >= 4 is 31.0 Å². The Hall–Kier alpha value is 0.620. The summed E-state index contributed by atoms with van der Waals surface area (Å²) in [6.07, 6.45) is 0.328. The molecule has 0 atom stereocenters. The Morgan fingerprint density at radius 2 is 1.67 bits per heavy atom. The monoisotopic (exact) mass is 346 g/mol. The van der Waals surface area contributed by atoms with Crippen LogP contribution in [0.5, 0.6) is 0 Å². The van der Waals surface area contributed by atoms with E-state index in [2.05, 4.69) is 22.6 Å². The summed E-state index contributed by atoms with van der Waals surface area (Å²) in [5, 5.41) is 0. The number of ether oxygens (including phenoxy) is 1. The van der Waals surface area contributed by atoms with Crippen molar-refractivity contribution in [3.05, 3.63) is 9.58 Å². The van der Waals surface area contributed by atoms with Gasteiger partial charge in [0.1, 0.15) is 0 Å². The highest BCUT2D eigenvalue weighted by Gasteiger charge is 2.13. The molecule has 0 fully saturated rings. The van der Waals surface area contributed by atoms with E-state index in [1.807, 2.05) is 40.4 Å². The first-order valence-electron chi connectivity index (χ1n) is 5.08. The number of rotatable bonds is 7. The highest BCUT2D eigenvalue weighted by atomic mass is 127. The zero-order valence-corrected chi connectivity index (χ0v) is 13.0. The molecule has 0 aromatic rings. The molecule has 15 heavy (non-hydrogen) atoms. The van der Waals surface area contributed by atoms with E-state index < -0.39 is 8.38 Å². The van der Waals surface area contributed by atoms with Crippen LogP contribution in [0.25, 0.3) is 0 Å². The zero-order valence-electron chi connectivity index (χ0n) is 9.99. The van der Waals surface area contributed by atoms with Gasteiger partial charge >= 0.3 is 0 Å². The standard InChI is InChI=1S/C10H20IO3P/c1-6-12-10(11)7-15(13-8(2)3)14-9(4)5/h7-9H,6H2,1-5H3/b10-7+. The molecular weight excluding hydrogens is 326 g/mol. The third kappa shape index (κ3) is 9.54.